The number of rotatable bonds is 7. The van der Waals surface area contributed by atoms with Crippen LogP contribution in [0.25, 0.3) is 5.69 Å². The predicted octanol–water partition coefficient (Wildman–Crippen LogP) is 4.41. The highest BCUT2D eigenvalue weighted by Gasteiger charge is 2.26. The van der Waals surface area contributed by atoms with Crippen LogP contribution in [0.3, 0.4) is 0 Å². The molecule has 5 rings (SSSR count). The van der Waals surface area contributed by atoms with Gasteiger partial charge in [0.1, 0.15) is 5.82 Å². The lowest BCUT2D eigenvalue weighted by Crippen LogP contribution is -2.33. The van der Waals surface area contributed by atoms with Gasteiger partial charge in [0.25, 0.3) is 0 Å². The van der Waals surface area contributed by atoms with E-state index in [0.29, 0.717) is 22.3 Å². The molecule has 2 aliphatic rings. The lowest BCUT2D eigenvalue weighted by Gasteiger charge is -2.31. The first kappa shape index (κ1) is 22.7. The van der Waals surface area contributed by atoms with Gasteiger partial charge in [0.05, 0.1) is 11.8 Å². The third kappa shape index (κ3) is 4.88. The molecule has 1 fully saturated rings. The van der Waals surface area contributed by atoms with E-state index in [4.69, 9.17) is 9.47 Å². The quantitative estimate of drug-likeness (QED) is 0.499. The Morgan fingerprint density at radius 1 is 1.09 bits per heavy atom. The molecule has 178 valence electrons. The van der Waals surface area contributed by atoms with Crippen molar-refractivity contribution >= 4 is 23.4 Å². The molecule has 34 heavy (non-hydrogen) atoms. The van der Waals surface area contributed by atoms with Crippen LogP contribution in [0.1, 0.15) is 38.1 Å². The van der Waals surface area contributed by atoms with Crippen LogP contribution in [0.15, 0.2) is 47.6 Å². The van der Waals surface area contributed by atoms with Gasteiger partial charge in [-0.2, -0.15) is 0 Å². The number of nitrogens with one attached hydrogen (secondary N) is 1. The molecule has 1 N–H and O–H groups in total. The fraction of sp³-hybridized carbons (Fsp3) is 0.375. The summed E-state index contributed by atoms with van der Waals surface area (Å²) in [5.41, 5.74) is 1.40. The fourth-order valence-corrected chi connectivity index (χ4v) is 5.01. The molecule has 1 aromatic heterocycles. The molecule has 1 amide bonds. The SMILES string of the molecule is CC(c1nnc(SCC(=O)Nc2ccc3c(c2)OCO3)n1-c1ccc(F)cc1)N1CCCCC1. The van der Waals surface area contributed by atoms with Crippen molar-refractivity contribution in [2.45, 2.75) is 37.4 Å². The van der Waals surface area contributed by atoms with Crippen LogP contribution in [0.2, 0.25) is 0 Å². The van der Waals surface area contributed by atoms with Crippen molar-refractivity contribution in [3.05, 3.63) is 54.1 Å². The third-order valence-corrected chi connectivity index (χ3v) is 6.97. The molecular formula is C24H26FN5O3S. The summed E-state index contributed by atoms with van der Waals surface area (Å²) in [5, 5.41) is 12.4. The number of thioether (sulfide) groups is 1. The van der Waals surface area contributed by atoms with Crippen molar-refractivity contribution in [1.82, 2.24) is 19.7 Å². The van der Waals surface area contributed by atoms with Crippen LogP contribution >= 0.6 is 11.8 Å². The zero-order valence-electron chi connectivity index (χ0n) is 18.9. The van der Waals surface area contributed by atoms with Crippen molar-refractivity contribution in [3.63, 3.8) is 0 Å². The maximum Gasteiger partial charge on any atom is 0.234 e. The molecule has 0 bridgehead atoms. The van der Waals surface area contributed by atoms with E-state index in [-0.39, 0.29) is 30.3 Å². The standard InChI is InChI=1S/C24H26FN5O3S/c1-16(29-11-3-2-4-12-29)23-27-28-24(30(23)19-8-5-17(25)6-9-19)34-14-22(31)26-18-7-10-20-21(13-18)33-15-32-20/h5-10,13,16H,2-4,11-12,14-15H2,1H3,(H,26,31). The van der Waals surface area contributed by atoms with E-state index in [9.17, 15) is 9.18 Å². The Morgan fingerprint density at radius 3 is 2.65 bits per heavy atom. The van der Waals surface area contributed by atoms with Crippen molar-refractivity contribution in [3.8, 4) is 17.2 Å². The second kappa shape index (κ2) is 10.0. The number of fused-ring (bicyclic) bond motifs is 1. The largest absolute Gasteiger partial charge is 0.454 e. The molecule has 1 atom stereocenters. The molecule has 2 aromatic carbocycles. The van der Waals surface area contributed by atoms with E-state index in [1.807, 2.05) is 4.57 Å². The van der Waals surface area contributed by atoms with E-state index in [1.54, 1.807) is 30.3 Å². The van der Waals surface area contributed by atoms with Gasteiger partial charge in [0, 0.05) is 17.4 Å². The number of aromatic nitrogens is 3. The Hall–Kier alpha value is -3.11. The van der Waals surface area contributed by atoms with Gasteiger partial charge in [-0.05, 0) is 69.3 Å². The van der Waals surface area contributed by atoms with Crippen LogP contribution in [0.4, 0.5) is 10.1 Å². The van der Waals surface area contributed by atoms with E-state index < -0.39 is 0 Å². The van der Waals surface area contributed by atoms with E-state index in [0.717, 1.165) is 37.4 Å². The number of carbonyl (C=O) groups is 1. The maximum atomic E-state index is 13.6. The van der Waals surface area contributed by atoms with E-state index in [2.05, 4.69) is 27.3 Å². The lowest BCUT2D eigenvalue weighted by molar-refractivity contribution is -0.113. The summed E-state index contributed by atoms with van der Waals surface area (Å²) in [6, 6.07) is 11.6. The van der Waals surface area contributed by atoms with Crippen molar-refractivity contribution in [2.75, 3.05) is 31.0 Å². The van der Waals surface area contributed by atoms with Gasteiger partial charge in [-0.15, -0.1) is 10.2 Å². The minimum atomic E-state index is -0.306. The lowest BCUT2D eigenvalue weighted by atomic mass is 10.1. The maximum absolute atomic E-state index is 13.6. The summed E-state index contributed by atoms with van der Waals surface area (Å²) in [6.07, 6.45) is 3.57. The highest BCUT2D eigenvalue weighted by molar-refractivity contribution is 7.99. The highest BCUT2D eigenvalue weighted by atomic mass is 32.2. The van der Waals surface area contributed by atoms with Crippen LogP contribution in [-0.2, 0) is 4.79 Å². The minimum absolute atomic E-state index is 0.0506. The molecule has 0 radical (unpaired) electrons. The van der Waals surface area contributed by atoms with Gasteiger partial charge in [-0.25, -0.2) is 4.39 Å². The number of piperidine rings is 1. The second-order valence-corrected chi connectivity index (χ2v) is 9.27. The number of halogens is 1. The van der Waals surface area contributed by atoms with Gasteiger partial charge in [-0.3, -0.25) is 14.3 Å². The molecule has 10 heteroatoms. The number of likely N-dealkylation sites (tertiary alicyclic amines) is 1. The van der Waals surface area contributed by atoms with Crippen LogP contribution in [0.5, 0.6) is 11.5 Å². The van der Waals surface area contributed by atoms with Crippen molar-refractivity contribution < 1.29 is 18.7 Å². The van der Waals surface area contributed by atoms with E-state index in [1.165, 1.54) is 30.3 Å². The van der Waals surface area contributed by atoms with Crippen molar-refractivity contribution in [1.29, 1.82) is 0 Å². The number of ether oxygens (including phenoxy) is 2. The molecule has 0 saturated carbocycles. The number of hydrogen-bond acceptors (Lipinski definition) is 7. The third-order valence-electron chi connectivity index (χ3n) is 6.04. The number of anilines is 1. The molecule has 0 spiro atoms. The van der Waals surface area contributed by atoms with Crippen LogP contribution in [0, 0.1) is 5.82 Å². The number of carbonyl (C=O) groups excluding carboxylic acids is 1. The van der Waals surface area contributed by atoms with E-state index >= 15 is 0 Å². The highest BCUT2D eigenvalue weighted by Crippen LogP contribution is 2.34. The van der Waals surface area contributed by atoms with Crippen LogP contribution < -0.4 is 14.8 Å². The molecule has 3 heterocycles. The number of nitrogens with zero attached hydrogens (tertiary/aromatic N) is 4. The first-order valence-electron chi connectivity index (χ1n) is 11.4. The average molecular weight is 484 g/mol. The summed E-state index contributed by atoms with van der Waals surface area (Å²) < 4.78 is 26.2. The summed E-state index contributed by atoms with van der Waals surface area (Å²) in [5.74, 6) is 1.72. The summed E-state index contributed by atoms with van der Waals surface area (Å²) in [6.45, 7) is 4.33. The number of benzene rings is 2. The zero-order valence-corrected chi connectivity index (χ0v) is 19.7. The Kier molecular flexibility index (Phi) is 6.68. The fourth-order valence-electron chi connectivity index (χ4n) is 4.25. The monoisotopic (exact) mass is 483 g/mol. The predicted molar refractivity (Wildman–Crippen MR) is 127 cm³/mol. The zero-order chi connectivity index (χ0) is 23.5. The number of amides is 1. The molecule has 1 saturated heterocycles. The molecule has 3 aromatic rings. The normalized spacial score (nSPS) is 16.4. The van der Waals surface area contributed by atoms with Crippen molar-refractivity contribution in [2.24, 2.45) is 0 Å². The van der Waals surface area contributed by atoms with Gasteiger partial charge in [0.15, 0.2) is 22.5 Å². The average Bonchev–Trinajstić information content (AvgIpc) is 3.50. The summed E-state index contributed by atoms with van der Waals surface area (Å²) in [4.78, 5) is 15.0. The topological polar surface area (TPSA) is 81.5 Å². The molecular weight excluding hydrogens is 457 g/mol. The van der Waals surface area contributed by atoms with Gasteiger partial charge in [-0.1, -0.05) is 18.2 Å². The minimum Gasteiger partial charge on any atom is -0.454 e. The molecule has 1 unspecified atom stereocenters. The molecule has 0 aliphatic carbocycles. The van der Waals surface area contributed by atoms with Gasteiger partial charge >= 0.3 is 0 Å². The second-order valence-electron chi connectivity index (χ2n) is 8.33. The number of hydrogen-bond donors (Lipinski definition) is 1. The Balaban J connectivity index is 1.33. The van der Waals surface area contributed by atoms with Crippen LogP contribution in [-0.4, -0.2) is 51.2 Å². The summed E-state index contributed by atoms with van der Waals surface area (Å²) >= 11 is 1.29. The first-order valence-corrected chi connectivity index (χ1v) is 12.3. The van der Waals surface area contributed by atoms with Gasteiger partial charge < -0.3 is 14.8 Å². The Labute approximate surface area is 201 Å². The molecule has 8 nitrogen and oxygen atoms in total. The Morgan fingerprint density at radius 2 is 1.85 bits per heavy atom. The molecule has 2 aliphatic heterocycles. The smallest absolute Gasteiger partial charge is 0.234 e. The Bertz CT molecular complexity index is 1160. The first-order chi connectivity index (χ1) is 16.6. The van der Waals surface area contributed by atoms with Gasteiger partial charge in [0.2, 0.25) is 12.7 Å². The summed E-state index contributed by atoms with van der Waals surface area (Å²) in [7, 11) is 0.